The number of hydrogen-bond acceptors (Lipinski definition) is 4. The van der Waals surface area contributed by atoms with E-state index < -0.39 is 0 Å². The number of amides is 1. The Hall–Kier alpha value is -2.08. The summed E-state index contributed by atoms with van der Waals surface area (Å²) in [5.41, 5.74) is 0. The number of imidazole rings is 1. The van der Waals surface area contributed by atoms with Crippen LogP contribution in [-0.4, -0.2) is 37.9 Å². The van der Waals surface area contributed by atoms with Gasteiger partial charge in [0.05, 0.1) is 11.6 Å². The molecular formula is C15H18ClN5O. The summed E-state index contributed by atoms with van der Waals surface area (Å²) in [5, 5.41) is 3.77. The number of aromatic nitrogens is 3. The summed E-state index contributed by atoms with van der Waals surface area (Å²) in [6.07, 6.45) is 6.97. The number of aryl methyl sites for hydroxylation is 1. The van der Waals surface area contributed by atoms with Gasteiger partial charge in [-0.2, -0.15) is 0 Å². The highest BCUT2D eigenvalue weighted by molar-refractivity contribution is 6.30. The van der Waals surface area contributed by atoms with Crippen molar-refractivity contribution in [3.63, 3.8) is 0 Å². The lowest BCUT2D eigenvalue weighted by Crippen LogP contribution is -2.47. The summed E-state index contributed by atoms with van der Waals surface area (Å²) in [6.45, 7) is 1.30. The van der Waals surface area contributed by atoms with Gasteiger partial charge in [-0.3, -0.25) is 4.79 Å². The highest BCUT2D eigenvalue weighted by atomic mass is 35.5. The maximum absolute atomic E-state index is 12.6. The van der Waals surface area contributed by atoms with Crippen molar-refractivity contribution < 1.29 is 4.79 Å². The molecule has 7 heteroatoms. The first kappa shape index (κ1) is 14.8. The molecule has 0 spiro atoms. The maximum Gasteiger partial charge on any atom is 0.245 e. The molecule has 0 aromatic carbocycles. The van der Waals surface area contributed by atoms with Gasteiger partial charge in [0.15, 0.2) is 0 Å². The fourth-order valence-corrected chi connectivity index (χ4v) is 2.70. The zero-order chi connectivity index (χ0) is 15.5. The minimum Gasteiger partial charge on any atom is -0.358 e. The summed E-state index contributed by atoms with van der Waals surface area (Å²) >= 11 is 5.83. The lowest BCUT2D eigenvalue weighted by Gasteiger charge is -2.32. The highest BCUT2D eigenvalue weighted by Crippen LogP contribution is 2.18. The molecule has 0 aliphatic carbocycles. The molecule has 2 aromatic heterocycles. The highest BCUT2D eigenvalue weighted by Gasteiger charge is 2.29. The monoisotopic (exact) mass is 319 g/mol. The maximum atomic E-state index is 12.6. The average molecular weight is 320 g/mol. The minimum atomic E-state index is -0.248. The van der Waals surface area contributed by atoms with Gasteiger partial charge in [-0.1, -0.05) is 11.6 Å². The molecule has 1 fully saturated rings. The first-order valence-electron chi connectivity index (χ1n) is 7.26. The molecule has 0 saturated carbocycles. The molecule has 0 radical (unpaired) electrons. The molecule has 1 atom stereocenters. The zero-order valence-corrected chi connectivity index (χ0v) is 13.1. The zero-order valence-electron chi connectivity index (χ0n) is 12.4. The molecule has 116 valence electrons. The fraction of sp³-hybridized carbons (Fsp3) is 0.400. The van der Waals surface area contributed by atoms with Crippen molar-refractivity contribution in [3.8, 4) is 0 Å². The normalized spacial score (nSPS) is 18.5. The van der Waals surface area contributed by atoms with E-state index in [1.54, 1.807) is 24.5 Å². The van der Waals surface area contributed by atoms with Crippen LogP contribution < -0.4 is 5.32 Å². The molecule has 3 rings (SSSR count). The standard InChI is InChI=1S/C15H18ClN5O/c1-20-8-6-17-14(20)10-21-7-2-3-12(15(21)22)19-13-5-4-11(16)9-18-13/h4-6,8-9,12H,2-3,7,10H2,1H3,(H,18,19). The van der Waals surface area contributed by atoms with Crippen molar-refractivity contribution in [1.29, 1.82) is 0 Å². The van der Waals surface area contributed by atoms with Crippen molar-refractivity contribution in [3.05, 3.63) is 41.6 Å². The Morgan fingerprint density at radius 2 is 2.27 bits per heavy atom. The van der Waals surface area contributed by atoms with Crippen molar-refractivity contribution in [2.24, 2.45) is 7.05 Å². The van der Waals surface area contributed by atoms with Crippen LogP contribution in [0.4, 0.5) is 5.82 Å². The number of nitrogens with one attached hydrogen (secondary N) is 1. The summed E-state index contributed by atoms with van der Waals surface area (Å²) in [7, 11) is 1.93. The Morgan fingerprint density at radius 3 is 2.95 bits per heavy atom. The van der Waals surface area contributed by atoms with E-state index in [4.69, 9.17) is 11.6 Å². The number of nitrogens with zero attached hydrogens (tertiary/aromatic N) is 4. The Kier molecular flexibility index (Phi) is 4.29. The number of anilines is 1. The third-order valence-electron chi connectivity index (χ3n) is 3.83. The summed E-state index contributed by atoms with van der Waals surface area (Å²) in [4.78, 5) is 22.9. The Balaban J connectivity index is 1.67. The van der Waals surface area contributed by atoms with Crippen LogP contribution in [-0.2, 0) is 18.4 Å². The van der Waals surface area contributed by atoms with Crippen LogP contribution in [0.15, 0.2) is 30.7 Å². The average Bonchev–Trinajstić information content (AvgIpc) is 2.91. The first-order chi connectivity index (χ1) is 10.6. The minimum absolute atomic E-state index is 0.0889. The van der Waals surface area contributed by atoms with Gasteiger partial charge in [0.25, 0.3) is 0 Å². The predicted molar refractivity (Wildman–Crippen MR) is 84.5 cm³/mol. The van der Waals surface area contributed by atoms with Gasteiger partial charge in [0.2, 0.25) is 5.91 Å². The van der Waals surface area contributed by atoms with Crippen LogP contribution in [0.1, 0.15) is 18.7 Å². The van der Waals surface area contributed by atoms with E-state index in [2.05, 4.69) is 15.3 Å². The van der Waals surface area contributed by atoms with Crippen LogP contribution in [0, 0.1) is 0 Å². The summed E-state index contributed by atoms with van der Waals surface area (Å²) < 4.78 is 1.94. The molecule has 1 N–H and O–H groups in total. The first-order valence-corrected chi connectivity index (χ1v) is 7.64. The molecule has 3 heterocycles. The van der Waals surface area contributed by atoms with Crippen LogP contribution in [0.2, 0.25) is 5.02 Å². The van der Waals surface area contributed by atoms with Gasteiger partial charge in [-0.25, -0.2) is 9.97 Å². The molecule has 0 bridgehead atoms. The number of piperidine rings is 1. The number of hydrogen-bond donors (Lipinski definition) is 1. The van der Waals surface area contributed by atoms with Crippen LogP contribution in [0.3, 0.4) is 0 Å². The van der Waals surface area contributed by atoms with E-state index in [0.29, 0.717) is 17.4 Å². The second-order valence-electron chi connectivity index (χ2n) is 5.41. The quantitative estimate of drug-likeness (QED) is 0.937. The van der Waals surface area contributed by atoms with Crippen LogP contribution in [0.25, 0.3) is 0 Å². The van der Waals surface area contributed by atoms with E-state index in [0.717, 1.165) is 25.2 Å². The number of carbonyl (C=O) groups excluding carboxylic acids is 1. The molecule has 6 nitrogen and oxygen atoms in total. The lowest BCUT2D eigenvalue weighted by molar-refractivity contribution is -0.135. The number of rotatable bonds is 4. The third-order valence-corrected chi connectivity index (χ3v) is 4.06. The SMILES string of the molecule is Cn1ccnc1CN1CCCC(Nc2ccc(Cl)cn2)C1=O. The molecular weight excluding hydrogens is 302 g/mol. The number of pyridine rings is 1. The predicted octanol–water partition coefficient (Wildman–Crippen LogP) is 2.07. The van der Waals surface area contributed by atoms with E-state index in [9.17, 15) is 4.79 Å². The number of carbonyl (C=O) groups is 1. The Labute approximate surface area is 134 Å². The van der Waals surface area contributed by atoms with Crippen molar-refractivity contribution in [2.75, 3.05) is 11.9 Å². The van der Waals surface area contributed by atoms with Crippen molar-refractivity contribution in [1.82, 2.24) is 19.4 Å². The van der Waals surface area contributed by atoms with Gasteiger partial charge in [0.1, 0.15) is 17.7 Å². The third kappa shape index (κ3) is 3.22. The van der Waals surface area contributed by atoms with Gasteiger partial charge >= 0.3 is 0 Å². The number of likely N-dealkylation sites (tertiary alicyclic amines) is 1. The molecule has 22 heavy (non-hydrogen) atoms. The second-order valence-corrected chi connectivity index (χ2v) is 5.85. The second kappa shape index (κ2) is 6.36. The van der Waals surface area contributed by atoms with Gasteiger partial charge in [-0.15, -0.1) is 0 Å². The number of halogens is 1. The van der Waals surface area contributed by atoms with Gasteiger partial charge in [0, 0.05) is 32.2 Å². The molecule has 2 aromatic rings. The van der Waals surface area contributed by atoms with E-state index >= 15 is 0 Å². The van der Waals surface area contributed by atoms with Crippen molar-refractivity contribution >= 4 is 23.3 Å². The topological polar surface area (TPSA) is 63.1 Å². The molecule has 1 aliphatic heterocycles. The van der Waals surface area contributed by atoms with E-state index in [-0.39, 0.29) is 11.9 Å². The summed E-state index contributed by atoms with van der Waals surface area (Å²) in [5.74, 6) is 1.64. The largest absolute Gasteiger partial charge is 0.358 e. The van der Waals surface area contributed by atoms with Gasteiger partial charge in [-0.05, 0) is 25.0 Å². The summed E-state index contributed by atoms with van der Waals surface area (Å²) in [6, 6.07) is 3.30. The molecule has 1 amide bonds. The van der Waals surface area contributed by atoms with E-state index in [1.165, 1.54) is 0 Å². The van der Waals surface area contributed by atoms with E-state index in [1.807, 2.05) is 22.7 Å². The lowest BCUT2D eigenvalue weighted by atomic mass is 10.0. The van der Waals surface area contributed by atoms with Crippen LogP contribution in [0.5, 0.6) is 0 Å². The molecule has 1 saturated heterocycles. The Bertz CT molecular complexity index is 654. The van der Waals surface area contributed by atoms with Crippen LogP contribution >= 0.6 is 11.6 Å². The fourth-order valence-electron chi connectivity index (χ4n) is 2.59. The van der Waals surface area contributed by atoms with Gasteiger partial charge < -0.3 is 14.8 Å². The molecule has 1 aliphatic rings. The molecule has 1 unspecified atom stereocenters. The Morgan fingerprint density at radius 1 is 1.41 bits per heavy atom. The van der Waals surface area contributed by atoms with Crippen molar-refractivity contribution in [2.45, 2.75) is 25.4 Å². The smallest absolute Gasteiger partial charge is 0.245 e.